The van der Waals surface area contributed by atoms with Gasteiger partial charge in [-0.15, -0.1) is 0 Å². The molecule has 0 unspecified atom stereocenters. The highest BCUT2D eigenvalue weighted by molar-refractivity contribution is 5.73. The number of carbonyl (C=O) groups is 1. The first-order valence-electron chi connectivity index (χ1n) is 5.09. The molecule has 0 saturated heterocycles. The molecule has 6 heteroatoms. The van der Waals surface area contributed by atoms with E-state index in [2.05, 4.69) is 5.32 Å². The zero-order chi connectivity index (χ0) is 12.7. The fourth-order valence-electron chi connectivity index (χ4n) is 1.84. The third kappa shape index (κ3) is 2.35. The van der Waals surface area contributed by atoms with Crippen LogP contribution in [0.2, 0.25) is 0 Å². The molecule has 92 valence electrons. The van der Waals surface area contributed by atoms with E-state index in [1.165, 1.54) is 6.07 Å². The molecule has 0 aromatic heterocycles. The van der Waals surface area contributed by atoms with Crippen LogP contribution in [-0.2, 0) is 11.7 Å². The average molecular weight is 244 g/mol. The Kier molecular flexibility index (Phi) is 2.52. The molecule has 0 atom stereocenters. The fourth-order valence-corrected chi connectivity index (χ4v) is 1.84. The molecule has 3 nitrogen and oxygen atoms in total. The second-order valence-corrected chi connectivity index (χ2v) is 4.15. The number of carbonyl (C=O) groups excluding carboxylic acids is 1. The van der Waals surface area contributed by atoms with Crippen LogP contribution in [0, 0.1) is 0 Å². The Bertz CT molecular complexity index is 452. The van der Waals surface area contributed by atoms with Gasteiger partial charge in [-0.1, -0.05) is 12.1 Å². The largest absolute Gasteiger partial charge is 0.416 e. The van der Waals surface area contributed by atoms with Gasteiger partial charge in [0.1, 0.15) is 0 Å². The number of primary amides is 1. The minimum Gasteiger partial charge on any atom is -0.352 e. The van der Waals surface area contributed by atoms with Gasteiger partial charge in [0, 0.05) is 0 Å². The van der Waals surface area contributed by atoms with Crippen molar-refractivity contribution < 1.29 is 18.0 Å². The van der Waals surface area contributed by atoms with Crippen molar-refractivity contribution in [2.45, 2.75) is 24.6 Å². The lowest BCUT2D eigenvalue weighted by molar-refractivity contribution is -0.137. The predicted octanol–water partition coefficient (Wildman–Crippen LogP) is 2.36. The lowest BCUT2D eigenvalue weighted by atomic mass is 10.0. The molecule has 1 saturated carbocycles. The summed E-state index contributed by atoms with van der Waals surface area (Å²) in [6, 6.07) is 4.24. The number of alkyl halides is 3. The average Bonchev–Trinajstić information content (AvgIpc) is 2.97. The Morgan fingerprint density at radius 1 is 1.35 bits per heavy atom. The van der Waals surface area contributed by atoms with Gasteiger partial charge < -0.3 is 11.1 Å². The van der Waals surface area contributed by atoms with Gasteiger partial charge in [-0.25, -0.2) is 4.79 Å². The summed E-state index contributed by atoms with van der Waals surface area (Å²) in [5.74, 6) is 0. The highest BCUT2D eigenvalue weighted by atomic mass is 19.4. The van der Waals surface area contributed by atoms with Gasteiger partial charge >= 0.3 is 12.2 Å². The SMILES string of the molecule is NC(=O)NC1(c2cccc(C(F)(F)F)c2)CC1. The van der Waals surface area contributed by atoms with Crippen LogP contribution in [-0.4, -0.2) is 6.03 Å². The summed E-state index contributed by atoms with van der Waals surface area (Å²) in [6.45, 7) is 0. The molecule has 1 aliphatic carbocycles. The van der Waals surface area contributed by atoms with E-state index >= 15 is 0 Å². The summed E-state index contributed by atoms with van der Waals surface area (Å²) in [6.07, 6.45) is -3.16. The first-order valence-corrected chi connectivity index (χ1v) is 5.09. The zero-order valence-electron chi connectivity index (χ0n) is 8.84. The molecular formula is C11H11F3N2O. The Morgan fingerprint density at radius 2 is 2.00 bits per heavy atom. The number of hydrogen-bond acceptors (Lipinski definition) is 1. The normalized spacial score (nSPS) is 17.6. The van der Waals surface area contributed by atoms with Crippen molar-refractivity contribution in [2.24, 2.45) is 5.73 Å². The van der Waals surface area contributed by atoms with Crippen LogP contribution in [0.5, 0.6) is 0 Å². The summed E-state index contributed by atoms with van der Waals surface area (Å²) >= 11 is 0. The number of nitrogens with one attached hydrogen (secondary N) is 1. The predicted molar refractivity (Wildman–Crippen MR) is 55.1 cm³/mol. The number of halogens is 3. The first kappa shape index (κ1) is 11.8. The van der Waals surface area contributed by atoms with Gasteiger partial charge in [-0.2, -0.15) is 13.2 Å². The molecule has 0 radical (unpaired) electrons. The zero-order valence-corrected chi connectivity index (χ0v) is 8.84. The molecule has 2 amide bonds. The molecule has 1 aromatic carbocycles. The number of amides is 2. The van der Waals surface area contributed by atoms with Crippen molar-refractivity contribution in [3.63, 3.8) is 0 Å². The summed E-state index contributed by atoms with van der Waals surface area (Å²) < 4.78 is 37.6. The molecule has 1 aromatic rings. The minimum absolute atomic E-state index is 0.450. The Labute approximate surface area is 95.8 Å². The maximum Gasteiger partial charge on any atom is 0.416 e. The van der Waals surface area contributed by atoms with E-state index in [1.54, 1.807) is 6.07 Å². The molecule has 1 aliphatic rings. The van der Waals surface area contributed by atoms with Crippen LogP contribution in [0.1, 0.15) is 24.0 Å². The van der Waals surface area contributed by atoms with Gasteiger partial charge in [0.05, 0.1) is 11.1 Å². The maximum absolute atomic E-state index is 12.5. The summed E-state index contributed by atoms with van der Waals surface area (Å²) in [5, 5.41) is 2.50. The number of rotatable bonds is 2. The molecule has 0 spiro atoms. The molecule has 17 heavy (non-hydrogen) atoms. The van der Waals surface area contributed by atoms with Crippen molar-refractivity contribution in [2.75, 3.05) is 0 Å². The van der Waals surface area contributed by atoms with E-state index in [9.17, 15) is 18.0 Å². The van der Waals surface area contributed by atoms with Crippen LogP contribution in [0.4, 0.5) is 18.0 Å². The molecular weight excluding hydrogens is 233 g/mol. The van der Waals surface area contributed by atoms with Gasteiger partial charge in [0.15, 0.2) is 0 Å². The van der Waals surface area contributed by atoms with Crippen LogP contribution < -0.4 is 11.1 Å². The van der Waals surface area contributed by atoms with E-state index in [0.717, 1.165) is 12.1 Å². The monoisotopic (exact) mass is 244 g/mol. The summed E-state index contributed by atoms with van der Waals surface area (Å²) in [5.41, 5.74) is 4.04. The molecule has 2 rings (SSSR count). The van der Waals surface area contributed by atoms with Crippen LogP contribution >= 0.6 is 0 Å². The maximum atomic E-state index is 12.5. The summed E-state index contributed by atoms with van der Waals surface area (Å²) in [7, 11) is 0. The van der Waals surface area contributed by atoms with Crippen molar-refractivity contribution >= 4 is 6.03 Å². The highest BCUT2D eigenvalue weighted by Gasteiger charge is 2.46. The van der Waals surface area contributed by atoms with Crippen LogP contribution in [0.3, 0.4) is 0 Å². The van der Waals surface area contributed by atoms with Gasteiger partial charge in [-0.05, 0) is 30.5 Å². The number of urea groups is 1. The van der Waals surface area contributed by atoms with Crippen LogP contribution in [0.25, 0.3) is 0 Å². The third-order valence-electron chi connectivity index (χ3n) is 2.85. The Morgan fingerprint density at radius 3 is 2.47 bits per heavy atom. The van der Waals surface area contributed by atoms with Gasteiger partial charge in [0.2, 0.25) is 0 Å². The molecule has 0 heterocycles. The van der Waals surface area contributed by atoms with E-state index in [-0.39, 0.29) is 0 Å². The summed E-state index contributed by atoms with van der Waals surface area (Å²) in [4.78, 5) is 10.8. The van der Waals surface area contributed by atoms with E-state index in [4.69, 9.17) is 5.73 Å². The topological polar surface area (TPSA) is 55.1 Å². The first-order chi connectivity index (χ1) is 7.83. The minimum atomic E-state index is -4.38. The van der Waals surface area contributed by atoms with Crippen molar-refractivity contribution in [1.29, 1.82) is 0 Å². The second kappa shape index (κ2) is 3.65. The molecule has 3 N–H and O–H groups in total. The van der Waals surface area contributed by atoms with Gasteiger partial charge in [-0.3, -0.25) is 0 Å². The molecule has 0 aliphatic heterocycles. The van der Waals surface area contributed by atoms with Gasteiger partial charge in [0.25, 0.3) is 0 Å². The van der Waals surface area contributed by atoms with E-state index in [1.807, 2.05) is 0 Å². The third-order valence-corrected chi connectivity index (χ3v) is 2.85. The Hall–Kier alpha value is -1.72. The van der Waals surface area contributed by atoms with Crippen LogP contribution in [0.15, 0.2) is 24.3 Å². The Balaban J connectivity index is 2.31. The molecule has 1 fully saturated rings. The smallest absolute Gasteiger partial charge is 0.352 e. The van der Waals surface area contributed by atoms with Crippen molar-refractivity contribution in [3.8, 4) is 0 Å². The number of hydrogen-bond donors (Lipinski definition) is 2. The number of nitrogens with two attached hydrogens (primary N) is 1. The van der Waals surface area contributed by atoms with E-state index < -0.39 is 23.3 Å². The van der Waals surface area contributed by atoms with Crippen molar-refractivity contribution in [1.82, 2.24) is 5.32 Å². The lowest BCUT2D eigenvalue weighted by Gasteiger charge is -2.17. The standard InChI is InChI=1S/C11H11F3N2O/c12-11(13,14)8-3-1-2-7(6-8)10(4-5-10)16-9(15)17/h1-3,6H,4-5H2,(H3,15,16,17). The second-order valence-electron chi connectivity index (χ2n) is 4.15. The van der Waals surface area contributed by atoms with Crippen molar-refractivity contribution in [3.05, 3.63) is 35.4 Å². The van der Waals surface area contributed by atoms with E-state index in [0.29, 0.717) is 18.4 Å². The quantitative estimate of drug-likeness (QED) is 0.824. The molecule has 0 bridgehead atoms. The number of benzene rings is 1. The highest BCUT2D eigenvalue weighted by Crippen LogP contribution is 2.46. The lowest BCUT2D eigenvalue weighted by Crippen LogP contribution is -2.38. The fraction of sp³-hybridized carbons (Fsp3) is 0.364.